The molecule has 1 aromatic heterocycles. The second-order valence-electron chi connectivity index (χ2n) is 4.47. The number of anilines is 2. The summed E-state index contributed by atoms with van der Waals surface area (Å²) in [5.74, 6) is -1.89. The summed E-state index contributed by atoms with van der Waals surface area (Å²) < 4.78 is 9.37. The average Bonchev–Trinajstić information content (AvgIpc) is 2.83. The van der Waals surface area contributed by atoms with Gasteiger partial charge in [-0.05, 0) is 30.3 Å². The molecule has 0 radical (unpaired) electrons. The monoisotopic (exact) mass is 320 g/mol. The second-order valence-corrected chi connectivity index (χ2v) is 4.88. The number of rotatable bonds is 2. The van der Waals surface area contributed by atoms with Crippen LogP contribution in [-0.2, 0) is 0 Å². The molecule has 0 fully saturated rings. The van der Waals surface area contributed by atoms with Crippen LogP contribution >= 0.6 is 11.6 Å². The first-order valence-corrected chi connectivity index (χ1v) is 6.45. The van der Waals surface area contributed by atoms with Crippen molar-refractivity contribution >= 4 is 40.0 Å². The van der Waals surface area contributed by atoms with Crippen molar-refractivity contribution in [2.75, 3.05) is 11.1 Å². The van der Waals surface area contributed by atoms with E-state index < -0.39 is 11.7 Å². The highest BCUT2D eigenvalue weighted by atomic mass is 35.5. The van der Waals surface area contributed by atoms with Crippen molar-refractivity contribution in [2.45, 2.75) is 0 Å². The largest absolute Gasteiger partial charge is 0.519 e. The molecule has 7 nitrogen and oxygen atoms in total. The quantitative estimate of drug-likeness (QED) is 0.624. The van der Waals surface area contributed by atoms with Crippen LogP contribution in [0, 0.1) is 0 Å². The van der Waals surface area contributed by atoms with Crippen molar-refractivity contribution in [1.29, 1.82) is 0 Å². The fraction of sp³-hybridized carbons (Fsp3) is 0. The van der Waals surface area contributed by atoms with Crippen LogP contribution in [0.2, 0.25) is 5.02 Å². The number of halogens is 1. The maximum absolute atomic E-state index is 12.2. The Kier molecular flexibility index (Phi) is 3.26. The van der Waals surface area contributed by atoms with Crippen molar-refractivity contribution in [1.82, 2.24) is 0 Å². The zero-order valence-corrected chi connectivity index (χ0v) is 11.7. The van der Waals surface area contributed by atoms with Gasteiger partial charge in [-0.15, -0.1) is 0 Å². The molecule has 3 aromatic rings. The topological polar surface area (TPSA) is 119 Å². The number of fused-ring (bicyclic) bond motifs is 1. The number of hydrogen-bond acceptors (Lipinski definition) is 6. The van der Waals surface area contributed by atoms with Crippen LogP contribution in [-0.4, -0.2) is 11.0 Å². The highest BCUT2D eigenvalue weighted by Crippen LogP contribution is 2.28. The molecule has 0 aliphatic rings. The van der Waals surface area contributed by atoms with Crippen LogP contribution in [0.15, 0.2) is 44.0 Å². The lowest BCUT2D eigenvalue weighted by Crippen LogP contribution is -2.12. The molecule has 4 N–H and O–H groups in total. The normalized spacial score (nSPS) is 10.8. The number of amides is 1. The summed E-state index contributed by atoms with van der Waals surface area (Å²) in [6.45, 7) is 0. The summed E-state index contributed by atoms with van der Waals surface area (Å²) in [4.78, 5) is 23.2. The first-order chi connectivity index (χ1) is 10.4. The van der Waals surface area contributed by atoms with Gasteiger partial charge in [-0.3, -0.25) is 4.79 Å². The molecule has 3 rings (SSSR count). The predicted octanol–water partition coefficient (Wildman–Crippen LogP) is 2.58. The van der Waals surface area contributed by atoms with E-state index in [1.807, 2.05) is 0 Å². The number of phenols is 1. The van der Waals surface area contributed by atoms with Crippen LogP contribution in [0.4, 0.5) is 11.4 Å². The Labute approximate surface area is 127 Å². The van der Waals surface area contributed by atoms with Gasteiger partial charge < -0.3 is 25.0 Å². The maximum atomic E-state index is 12.2. The minimum atomic E-state index is -0.968. The molecule has 0 bridgehead atoms. The Balaban J connectivity index is 1.96. The van der Waals surface area contributed by atoms with Crippen molar-refractivity contribution in [2.24, 2.45) is 0 Å². The van der Waals surface area contributed by atoms with E-state index in [4.69, 9.17) is 21.8 Å². The summed E-state index contributed by atoms with van der Waals surface area (Å²) in [6.07, 6.45) is 0. The molecule has 8 heteroatoms. The van der Waals surface area contributed by atoms with Crippen LogP contribution in [0.5, 0.6) is 5.75 Å². The van der Waals surface area contributed by atoms with Crippen LogP contribution in [0.1, 0.15) is 10.4 Å². The molecular weight excluding hydrogens is 312 g/mol. The van der Waals surface area contributed by atoms with E-state index in [2.05, 4.69) is 9.73 Å². The number of carbonyl (C=O) groups is 1. The number of nitrogens with two attached hydrogens (primary N) is 1. The highest BCUT2D eigenvalue weighted by Gasteiger charge is 2.16. The molecule has 2 aromatic carbocycles. The van der Waals surface area contributed by atoms with E-state index in [-0.39, 0.29) is 27.5 Å². The fourth-order valence-corrected chi connectivity index (χ4v) is 2.15. The van der Waals surface area contributed by atoms with E-state index >= 15 is 0 Å². The van der Waals surface area contributed by atoms with Crippen LogP contribution in [0.25, 0.3) is 11.2 Å². The molecule has 0 atom stereocenters. The van der Waals surface area contributed by atoms with Gasteiger partial charge in [0.25, 0.3) is 5.91 Å². The number of benzene rings is 2. The van der Waals surface area contributed by atoms with Gasteiger partial charge in [0.05, 0.1) is 10.7 Å². The van der Waals surface area contributed by atoms with Crippen molar-refractivity contribution < 1.29 is 18.7 Å². The van der Waals surface area contributed by atoms with Gasteiger partial charge in [0, 0.05) is 11.3 Å². The molecule has 0 aliphatic carbocycles. The summed E-state index contributed by atoms with van der Waals surface area (Å²) in [7, 11) is 0. The van der Waals surface area contributed by atoms with Gasteiger partial charge in [0.2, 0.25) is 5.58 Å². The van der Waals surface area contributed by atoms with Gasteiger partial charge in [0.15, 0.2) is 11.3 Å². The first kappa shape index (κ1) is 14.0. The van der Waals surface area contributed by atoms with E-state index in [1.165, 1.54) is 12.1 Å². The summed E-state index contributed by atoms with van der Waals surface area (Å²) in [5.41, 5.74) is 6.31. The lowest BCUT2D eigenvalue weighted by Gasteiger charge is -2.08. The van der Waals surface area contributed by atoms with Gasteiger partial charge in [0.1, 0.15) is 0 Å². The van der Waals surface area contributed by atoms with E-state index in [1.54, 1.807) is 12.1 Å². The Morgan fingerprint density at radius 1 is 1.23 bits per heavy atom. The van der Waals surface area contributed by atoms with Crippen LogP contribution in [0.3, 0.4) is 0 Å². The summed E-state index contributed by atoms with van der Waals surface area (Å²) in [5, 5.41) is 12.6. The fourth-order valence-electron chi connectivity index (χ4n) is 1.92. The minimum Gasteiger partial charge on any atom is -0.504 e. The number of carbonyl (C=O) groups excluding carboxylic acids is 1. The number of hydrogen-bond donors (Lipinski definition) is 3. The lowest BCUT2D eigenvalue weighted by molar-refractivity contribution is 0.102. The van der Waals surface area contributed by atoms with Gasteiger partial charge in [-0.2, -0.15) is 0 Å². The average molecular weight is 321 g/mol. The molecule has 0 saturated heterocycles. The smallest absolute Gasteiger partial charge is 0.504 e. The lowest BCUT2D eigenvalue weighted by atomic mass is 10.1. The Hall–Kier alpha value is -2.93. The molecule has 1 heterocycles. The first-order valence-electron chi connectivity index (χ1n) is 6.07. The molecule has 22 heavy (non-hydrogen) atoms. The third-order valence-electron chi connectivity index (χ3n) is 2.92. The highest BCUT2D eigenvalue weighted by molar-refractivity contribution is 6.34. The zero-order valence-electron chi connectivity index (χ0n) is 10.9. The van der Waals surface area contributed by atoms with Crippen LogP contribution < -0.4 is 16.9 Å². The molecular formula is C14H9ClN2O5. The maximum Gasteiger partial charge on any atom is 0.519 e. The third-order valence-corrected chi connectivity index (χ3v) is 3.23. The van der Waals surface area contributed by atoms with Gasteiger partial charge in [-0.1, -0.05) is 11.6 Å². The zero-order chi connectivity index (χ0) is 15.9. The van der Waals surface area contributed by atoms with Crippen molar-refractivity contribution in [3.05, 3.63) is 51.5 Å². The minimum absolute atomic E-state index is 0.0291. The molecule has 0 spiro atoms. The summed E-state index contributed by atoms with van der Waals surface area (Å²) >= 11 is 5.97. The Morgan fingerprint density at radius 2 is 2.00 bits per heavy atom. The van der Waals surface area contributed by atoms with E-state index in [0.29, 0.717) is 11.4 Å². The standard InChI is InChI=1S/C14H9ClN2O5/c15-8-5-7(16)1-2-9(8)17-13(19)6-3-10(18)12-11(4-6)21-14(20)22-12/h1-5,18H,16H2,(H,17,19). The summed E-state index contributed by atoms with van der Waals surface area (Å²) in [6, 6.07) is 7.05. The van der Waals surface area contributed by atoms with Crippen molar-refractivity contribution in [3.63, 3.8) is 0 Å². The number of phenolic OH excluding ortho intramolecular Hbond substituents is 1. The third kappa shape index (κ3) is 2.49. The molecule has 112 valence electrons. The Morgan fingerprint density at radius 3 is 2.73 bits per heavy atom. The molecule has 0 unspecified atom stereocenters. The molecule has 0 saturated carbocycles. The van der Waals surface area contributed by atoms with E-state index in [0.717, 1.165) is 6.07 Å². The predicted molar refractivity (Wildman–Crippen MR) is 80.2 cm³/mol. The SMILES string of the molecule is Nc1ccc(NC(=O)c2cc(O)c3oc(=O)oc3c2)c(Cl)c1. The van der Waals surface area contributed by atoms with Crippen molar-refractivity contribution in [3.8, 4) is 5.75 Å². The van der Waals surface area contributed by atoms with Gasteiger partial charge in [-0.25, -0.2) is 4.79 Å². The van der Waals surface area contributed by atoms with E-state index in [9.17, 15) is 14.7 Å². The second kappa shape index (κ2) is 5.12. The number of nitrogens with one attached hydrogen (secondary N) is 1. The molecule has 1 amide bonds. The number of aromatic hydroxyl groups is 1. The Bertz CT molecular complexity index is 944. The number of nitrogen functional groups attached to an aromatic ring is 1. The molecule has 0 aliphatic heterocycles. The van der Waals surface area contributed by atoms with Gasteiger partial charge >= 0.3 is 5.82 Å².